The number of aromatic nitrogens is 2. The normalized spacial score (nSPS) is 13.7. The van der Waals surface area contributed by atoms with Crippen LogP contribution in [0.25, 0.3) is 11.0 Å². The third-order valence-corrected chi connectivity index (χ3v) is 4.76. The van der Waals surface area contributed by atoms with E-state index in [1.165, 1.54) is 6.20 Å². The maximum Gasteiger partial charge on any atom is 0.274 e. The first kappa shape index (κ1) is 17.1. The van der Waals surface area contributed by atoms with Crippen LogP contribution in [0.15, 0.2) is 48.7 Å². The lowest BCUT2D eigenvalue weighted by Gasteiger charge is -2.20. The number of amides is 2. The highest BCUT2D eigenvalue weighted by molar-refractivity contribution is 5.94. The van der Waals surface area contributed by atoms with Gasteiger partial charge in [0, 0.05) is 18.7 Å². The molecule has 0 bridgehead atoms. The Hall–Kier alpha value is -3.32. The fourth-order valence-corrected chi connectivity index (χ4v) is 3.36. The van der Waals surface area contributed by atoms with Gasteiger partial charge in [0.1, 0.15) is 5.69 Å². The average Bonchev–Trinajstić information content (AvgIpc) is 2.94. The van der Waals surface area contributed by atoms with E-state index >= 15 is 0 Å². The standard InChI is InChI=1S/C20H18N4O3/c25-19(23-27)14-7-8-15-12-24(9-3-4-13(15)10-14)20(26)18-11-21-16-5-1-2-6-17(16)22-18/h1-2,5-8,10-11,27H,3-4,9,12H2,(H,23,25). The molecule has 0 saturated heterocycles. The number of fused-ring (bicyclic) bond motifs is 2. The zero-order chi connectivity index (χ0) is 18.8. The summed E-state index contributed by atoms with van der Waals surface area (Å²) in [5.74, 6) is -0.695. The SMILES string of the molecule is O=C(NO)c1ccc2c(c1)CCCN(C(=O)c1cnc3ccccc3n1)C2. The van der Waals surface area contributed by atoms with E-state index in [-0.39, 0.29) is 5.91 Å². The third-order valence-electron chi connectivity index (χ3n) is 4.76. The van der Waals surface area contributed by atoms with E-state index in [4.69, 9.17) is 5.21 Å². The molecule has 1 aromatic heterocycles. The molecule has 0 spiro atoms. The number of para-hydroxylation sites is 2. The zero-order valence-electron chi connectivity index (χ0n) is 14.6. The van der Waals surface area contributed by atoms with E-state index in [1.54, 1.807) is 22.5 Å². The first-order valence-electron chi connectivity index (χ1n) is 8.73. The van der Waals surface area contributed by atoms with Gasteiger partial charge in [-0.05, 0) is 48.2 Å². The van der Waals surface area contributed by atoms with Crippen molar-refractivity contribution < 1.29 is 14.8 Å². The molecule has 7 nitrogen and oxygen atoms in total. The van der Waals surface area contributed by atoms with Crippen molar-refractivity contribution in [1.29, 1.82) is 0 Å². The Bertz CT molecular complexity index is 1030. The minimum absolute atomic E-state index is 0.154. The molecular formula is C20H18N4O3. The third kappa shape index (κ3) is 3.37. The van der Waals surface area contributed by atoms with Gasteiger partial charge in [-0.1, -0.05) is 18.2 Å². The van der Waals surface area contributed by atoms with Crippen LogP contribution in [0.1, 0.15) is 38.4 Å². The second-order valence-corrected chi connectivity index (χ2v) is 6.50. The highest BCUT2D eigenvalue weighted by atomic mass is 16.5. The number of benzene rings is 2. The molecule has 1 aliphatic heterocycles. The van der Waals surface area contributed by atoms with Crippen LogP contribution in [-0.4, -0.2) is 38.4 Å². The fraction of sp³-hybridized carbons (Fsp3) is 0.200. The first-order chi connectivity index (χ1) is 13.2. The van der Waals surface area contributed by atoms with Crippen molar-refractivity contribution in [3.8, 4) is 0 Å². The molecule has 2 amide bonds. The van der Waals surface area contributed by atoms with Crippen molar-refractivity contribution in [1.82, 2.24) is 20.3 Å². The van der Waals surface area contributed by atoms with Gasteiger partial charge in [-0.25, -0.2) is 10.5 Å². The first-order valence-corrected chi connectivity index (χ1v) is 8.73. The number of hydrogen-bond donors (Lipinski definition) is 2. The van der Waals surface area contributed by atoms with Gasteiger partial charge in [-0.15, -0.1) is 0 Å². The predicted molar refractivity (Wildman–Crippen MR) is 98.3 cm³/mol. The summed E-state index contributed by atoms with van der Waals surface area (Å²) in [5.41, 5.74) is 5.82. The molecular weight excluding hydrogens is 344 g/mol. The van der Waals surface area contributed by atoms with Gasteiger partial charge < -0.3 is 4.90 Å². The Morgan fingerprint density at radius 2 is 1.89 bits per heavy atom. The lowest BCUT2D eigenvalue weighted by atomic mass is 10.0. The molecule has 0 fully saturated rings. The molecule has 0 saturated carbocycles. The summed E-state index contributed by atoms with van der Waals surface area (Å²) in [6.45, 7) is 1.05. The number of aryl methyl sites for hydroxylation is 1. The van der Waals surface area contributed by atoms with Crippen LogP contribution in [0.5, 0.6) is 0 Å². The van der Waals surface area contributed by atoms with Crippen LogP contribution in [0.3, 0.4) is 0 Å². The Morgan fingerprint density at radius 1 is 1.07 bits per heavy atom. The summed E-state index contributed by atoms with van der Waals surface area (Å²) in [5, 5.41) is 8.80. The molecule has 2 N–H and O–H groups in total. The number of carbonyl (C=O) groups excluding carboxylic acids is 2. The molecule has 1 aliphatic rings. The minimum atomic E-state index is -0.540. The van der Waals surface area contributed by atoms with Crippen LogP contribution in [0.2, 0.25) is 0 Å². The molecule has 4 rings (SSSR count). The molecule has 0 unspecified atom stereocenters. The second kappa shape index (κ2) is 7.13. The van der Waals surface area contributed by atoms with Crippen LogP contribution >= 0.6 is 0 Å². The number of hydrogen-bond acceptors (Lipinski definition) is 5. The Labute approximate surface area is 155 Å². The zero-order valence-corrected chi connectivity index (χ0v) is 14.6. The molecule has 7 heteroatoms. The highest BCUT2D eigenvalue weighted by Crippen LogP contribution is 2.22. The smallest absolute Gasteiger partial charge is 0.274 e. The topological polar surface area (TPSA) is 95.4 Å². The fourth-order valence-electron chi connectivity index (χ4n) is 3.36. The molecule has 0 radical (unpaired) electrons. The molecule has 136 valence electrons. The van der Waals surface area contributed by atoms with E-state index in [2.05, 4.69) is 9.97 Å². The summed E-state index contributed by atoms with van der Waals surface area (Å²) in [7, 11) is 0. The monoisotopic (exact) mass is 362 g/mol. The molecule has 2 heterocycles. The molecule has 27 heavy (non-hydrogen) atoms. The van der Waals surface area contributed by atoms with Gasteiger partial charge in [-0.2, -0.15) is 0 Å². The van der Waals surface area contributed by atoms with Crippen LogP contribution in [-0.2, 0) is 13.0 Å². The number of nitrogens with zero attached hydrogens (tertiary/aromatic N) is 3. The maximum absolute atomic E-state index is 13.0. The lowest BCUT2D eigenvalue weighted by molar-refractivity contribution is 0.0705. The van der Waals surface area contributed by atoms with Crippen molar-refractivity contribution in [3.63, 3.8) is 0 Å². The summed E-state index contributed by atoms with van der Waals surface area (Å²) in [6.07, 6.45) is 3.06. The second-order valence-electron chi connectivity index (χ2n) is 6.50. The maximum atomic E-state index is 13.0. The average molecular weight is 362 g/mol. The van der Waals surface area contributed by atoms with Gasteiger partial charge >= 0.3 is 0 Å². The van der Waals surface area contributed by atoms with Gasteiger partial charge in [-0.3, -0.25) is 19.8 Å². The highest BCUT2D eigenvalue weighted by Gasteiger charge is 2.22. The largest absolute Gasteiger partial charge is 0.333 e. The van der Waals surface area contributed by atoms with Crippen molar-refractivity contribution in [2.24, 2.45) is 0 Å². The van der Waals surface area contributed by atoms with E-state index in [0.717, 1.165) is 29.5 Å². The summed E-state index contributed by atoms with van der Waals surface area (Å²) < 4.78 is 0. The number of carbonyl (C=O) groups is 2. The Balaban J connectivity index is 1.60. The van der Waals surface area contributed by atoms with E-state index < -0.39 is 5.91 Å². The molecule has 0 aliphatic carbocycles. The number of hydroxylamine groups is 1. The van der Waals surface area contributed by atoms with Crippen LogP contribution in [0, 0.1) is 0 Å². The Morgan fingerprint density at radius 3 is 2.70 bits per heavy atom. The van der Waals surface area contributed by atoms with E-state index in [0.29, 0.717) is 29.9 Å². The summed E-state index contributed by atoms with van der Waals surface area (Å²) in [4.78, 5) is 35.1. The van der Waals surface area contributed by atoms with Crippen molar-refractivity contribution in [3.05, 3.63) is 71.0 Å². The summed E-state index contributed by atoms with van der Waals surface area (Å²) >= 11 is 0. The molecule has 2 aromatic carbocycles. The van der Waals surface area contributed by atoms with Gasteiger partial charge in [0.25, 0.3) is 11.8 Å². The Kier molecular flexibility index (Phi) is 4.52. The van der Waals surface area contributed by atoms with Crippen molar-refractivity contribution in [2.45, 2.75) is 19.4 Å². The summed E-state index contributed by atoms with van der Waals surface area (Å²) in [6, 6.07) is 12.7. The minimum Gasteiger partial charge on any atom is -0.333 e. The molecule has 0 atom stereocenters. The lowest BCUT2D eigenvalue weighted by Crippen LogP contribution is -2.31. The van der Waals surface area contributed by atoms with Crippen molar-refractivity contribution in [2.75, 3.05) is 6.54 Å². The molecule has 3 aromatic rings. The quantitative estimate of drug-likeness (QED) is 0.539. The van der Waals surface area contributed by atoms with Crippen molar-refractivity contribution >= 4 is 22.8 Å². The predicted octanol–water partition coefficient (Wildman–Crippen LogP) is 2.34. The number of nitrogens with one attached hydrogen (secondary N) is 1. The van der Waals surface area contributed by atoms with E-state index in [9.17, 15) is 9.59 Å². The van der Waals surface area contributed by atoms with Gasteiger partial charge in [0.2, 0.25) is 0 Å². The van der Waals surface area contributed by atoms with Crippen LogP contribution in [0.4, 0.5) is 0 Å². The van der Waals surface area contributed by atoms with Crippen LogP contribution < -0.4 is 5.48 Å². The van der Waals surface area contributed by atoms with Gasteiger partial charge in [0.05, 0.1) is 17.2 Å². The number of rotatable bonds is 2. The van der Waals surface area contributed by atoms with E-state index in [1.807, 2.05) is 30.3 Å². The van der Waals surface area contributed by atoms with Gasteiger partial charge in [0.15, 0.2) is 0 Å².